The third kappa shape index (κ3) is 5.40. The van der Waals surface area contributed by atoms with Crippen molar-refractivity contribution in [2.45, 2.75) is 69.1 Å². The maximum Gasteiger partial charge on any atom is 0.264 e. The van der Waals surface area contributed by atoms with Crippen molar-refractivity contribution >= 4 is 31.6 Å². The number of aryl methyl sites for hydroxylation is 1. The minimum absolute atomic E-state index is 0.0958. The molecule has 0 aliphatic carbocycles. The molecule has 0 bridgehead atoms. The van der Waals surface area contributed by atoms with Crippen LogP contribution in [-0.4, -0.2) is 59.6 Å². The first-order chi connectivity index (χ1) is 22.6. The molecule has 0 saturated carbocycles. The second-order valence-electron chi connectivity index (χ2n) is 13.5. The molecule has 1 unspecified atom stereocenters. The fourth-order valence-electron chi connectivity index (χ4n) is 7.92. The second kappa shape index (κ2) is 12.1. The minimum atomic E-state index is -3.33. The first-order valence-corrected chi connectivity index (χ1v) is 19.3. The predicted molar refractivity (Wildman–Crippen MR) is 179 cm³/mol. The summed E-state index contributed by atoms with van der Waals surface area (Å²) in [4.78, 5) is 30.3. The van der Waals surface area contributed by atoms with Gasteiger partial charge in [-0.15, -0.1) is 5.10 Å². The Bertz CT molecular complexity index is 1800. The number of β-lactam (4-membered cyclic amide) rings is 1. The number of hydrogen-bond acceptors (Lipinski definition) is 6. The molecule has 11 heteroatoms. The van der Waals surface area contributed by atoms with E-state index in [9.17, 15) is 14.7 Å². The molecule has 0 radical (unpaired) electrons. The highest BCUT2D eigenvalue weighted by Gasteiger charge is 2.66. The van der Waals surface area contributed by atoms with Crippen LogP contribution in [0.1, 0.15) is 48.1 Å². The number of halogens is 1. The number of para-hydroxylation sites is 1. The molecule has 3 aliphatic rings. The van der Waals surface area contributed by atoms with Gasteiger partial charge in [0, 0.05) is 48.4 Å². The Hall–Kier alpha value is -4.19. The normalized spacial score (nSPS) is 24.6. The highest BCUT2D eigenvalue weighted by Crippen LogP contribution is 2.60. The zero-order valence-electron chi connectivity index (χ0n) is 26.9. The Kier molecular flexibility index (Phi) is 8.10. The smallest absolute Gasteiger partial charge is 0.264 e. The van der Waals surface area contributed by atoms with Crippen molar-refractivity contribution in [2.24, 2.45) is 5.92 Å². The zero-order chi connectivity index (χ0) is 32.9. The van der Waals surface area contributed by atoms with Gasteiger partial charge in [0.25, 0.3) is 5.91 Å². The van der Waals surface area contributed by atoms with Crippen LogP contribution in [0.4, 0.5) is 15.5 Å². The van der Waals surface area contributed by atoms with Crippen molar-refractivity contribution in [3.8, 4) is 0 Å². The van der Waals surface area contributed by atoms with Gasteiger partial charge in [-0.2, -0.15) is 0 Å². The number of carbonyl (C=O) groups excluding carboxylic acids is 2. The van der Waals surface area contributed by atoms with Crippen LogP contribution in [0.3, 0.4) is 0 Å². The first-order valence-electron chi connectivity index (χ1n) is 16.3. The highest BCUT2D eigenvalue weighted by atomic mass is 28.4. The molecule has 1 N–H and O–H groups in total. The van der Waals surface area contributed by atoms with Gasteiger partial charge in [-0.1, -0.05) is 72.8 Å². The van der Waals surface area contributed by atoms with E-state index in [0.717, 1.165) is 28.1 Å². The lowest BCUT2D eigenvalue weighted by atomic mass is 9.82. The number of ether oxygens (including phenoxy) is 1. The van der Waals surface area contributed by atoms with Gasteiger partial charge in [-0.25, -0.2) is 0 Å². The number of aliphatic hydroxyl groups is 1. The minimum Gasteiger partial charge on any atom is -0.395 e. The topological polar surface area (TPSA) is 101 Å². The van der Waals surface area contributed by atoms with Crippen molar-refractivity contribution in [1.82, 2.24) is 15.0 Å². The lowest BCUT2D eigenvalue weighted by molar-refractivity contribution is -0.146. The van der Waals surface area contributed by atoms with Crippen molar-refractivity contribution in [3.05, 3.63) is 107 Å². The van der Waals surface area contributed by atoms with Gasteiger partial charge in [0.2, 0.25) is 14.3 Å². The maximum absolute atomic E-state index is 16.3. The van der Waals surface area contributed by atoms with E-state index in [1.54, 1.807) is 27.6 Å². The van der Waals surface area contributed by atoms with E-state index < -0.39 is 31.6 Å². The number of rotatable bonds is 10. The highest BCUT2D eigenvalue weighted by molar-refractivity contribution is 6.72. The third-order valence-electron chi connectivity index (χ3n) is 10.2. The number of carbonyl (C=O) groups is 2. The Morgan fingerprint density at radius 3 is 2.53 bits per heavy atom. The molecule has 1 aromatic heterocycles. The molecule has 4 heterocycles. The van der Waals surface area contributed by atoms with Crippen molar-refractivity contribution in [2.75, 3.05) is 23.0 Å². The van der Waals surface area contributed by atoms with Crippen LogP contribution in [-0.2, 0) is 33.0 Å². The monoisotopic (exact) mass is 653 g/mol. The van der Waals surface area contributed by atoms with E-state index in [1.807, 2.05) is 92.0 Å². The van der Waals surface area contributed by atoms with Crippen LogP contribution in [0.5, 0.6) is 0 Å². The number of aliphatic hydroxyl groups excluding tert-OH is 1. The molecule has 3 aliphatic heterocycles. The van der Waals surface area contributed by atoms with Gasteiger partial charge in [-0.05, 0) is 48.8 Å². The van der Waals surface area contributed by atoms with Crippen LogP contribution in [0, 0.1) is 5.92 Å². The van der Waals surface area contributed by atoms with Crippen LogP contribution in [0.25, 0.3) is 0 Å². The summed E-state index contributed by atoms with van der Waals surface area (Å²) >= 11 is 0. The molecule has 244 valence electrons. The van der Waals surface area contributed by atoms with Gasteiger partial charge in [-0.3, -0.25) is 14.3 Å². The average molecular weight is 654 g/mol. The number of fused-ring (bicyclic) bond motifs is 2. The Morgan fingerprint density at radius 2 is 1.83 bits per heavy atom. The number of benzene rings is 3. The summed E-state index contributed by atoms with van der Waals surface area (Å²) in [6.07, 6.45) is 2.32. The summed E-state index contributed by atoms with van der Waals surface area (Å²) in [5.74, 6) is -0.782. The van der Waals surface area contributed by atoms with E-state index in [2.05, 4.69) is 10.3 Å². The lowest BCUT2D eigenvalue weighted by Gasteiger charge is -2.32. The van der Waals surface area contributed by atoms with Gasteiger partial charge in [0.1, 0.15) is 0 Å². The van der Waals surface area contributed by atoms with Crippen LogP contribution < -0.4 is 9.80 Å². The largest absolute Gasteiger partial charge is 0.395 e. The summed E-state index contributed by atoms with van der Waals surface area (Å²) in [6, 6.07) is 25.1. The number of hydrogen-bond donors (Lipinski definition) is 1. The number of nitrogens with zero attached hydrogens (tertiary/aromatic N) is 5. The number of amides is 2. The summed E-state index contributed by atoms with van der Waals surface area (Å²) in [7, 11) is -3.33. The van der Waals surface area contributed by atoms with Gasteiger partial charge >= 0.3 is 0 Å². The quantitative estimate of drug-likeness (QED) is 0.137. The van der Waals surface area contributed by atoms with Crippen LogP contribution in [0.15, 0.2) is 85.1 Å². The van der Waals surface area contributed by atoms with Crippen molar-refractivity contribution < 1.29 is 23.5 Å². The van der Waals surface area contributed by atoms with E-state index in [4.69, 9.17) is 4.74 Å². The molecular weight excluding hydrogens is 614 g/mol. The van der Waals surface area contributed by atoms with E-state index >= 15 is 4.11 Å². The first kappa shape index (κ1) is 31.4. The SMILES string of the molecule is C[C@@H]1[C@@H]([Si](C)(C)F)[C@H](CCn2cc(C(CO)c3ccccc3)nn2)O[C@@]12C(=O)N(Cc1cccc(N3CCC3=O)c1)c1ccccc12. The zero-order valence-corrected chi connectivity index (χ0v) is 27.9. The summed E-state index contributed by atoms with van der Waals surface area (Å²) in [6.45, 7) is 6.70. The third-order valence-corrected chi connectivity index (χ3v) is 12.7. The molecule has 7 rings (SSSR count). The molecule has 2 fully saturated rings. The van der Waals surface area contributed by atoms with Crippen molar-refractivity contribution in [3.63, 3.8) is 0 Å². The predicted octanol–water partition coefficient (Wildman–Crippen LogP) is 5.55. The molecule has 5 atom stereocenters. The van der Waals surface area contributed by atoms with Crippen LogP contribution >= 0.6 is 0 Å². The Morgan fingerprint density at radius 1 is 1.06 bits per heavy atom. The molecule has 1 spiro atoms. The fraction of sp³-hybridized carbons (Fsp3) is 0.389. The van der Waals surface area contributed by atoms with Crippen LogP contribution in [0.2, 0.25) is 18.6 Å². The van der Waals surface area contributed by atoms with E-state index in [-0.39, 0.29) is 24.3 Å². The van der Waals surface area contributed by atoms with Crippen molar-refractivity contribution in [1.29, 1.82) is 0 Å². The fourth-order valence-corrected chi connectivity index (χ4v) is 10.5. The summed E-state index contributed by atoms with van der Waals surface area (Å²) in [5, 5.41) is 18.8. The van der Waals surface area contributed by atoms with E-state index in [1.165, 1.54) is 0 Å². The Labute approximate surface area is 275 Å². The molecule has 2 saturated heterocycles. The van der Waals surface area contributed by atoms with Gasteiger partial charge in [0.05, 0.1) is 36.6 Å². The molecule has 47 heavy (non-hydrogen) atoms. The second-order valence-corrected chi connectivity index (χ2v) is 17.3. The number of anilines is 2. The standard InChI is InChI=1S/C36H40FN5O4Si/c1-24-34(47(2,3)37)32(16-18-40-22-30(38-39-40)28(23-43)26-11-5-4-6-12-26)46-36(24)29-14-7-8-15-31(29)42(35(36)45)21-25-10-9-13-27(20-25)41-19-17-33(41)44/h4-15,20,22,24,28,32,34,43H,16-19,21,23H2,1-3H3/t24-,28?,32+,34-,36+/m1/s1. The van der Waals surface area contributed by atoms with E-state index in [0.29, 0.717) is 38.2 Å². The molecule has 4 aromatic rings. The lowest BCUT2D eigenvalue weighted by Crippen LogP contribution is -2.45. The molecular formula is C36H40FN5O4Si. The average Bonchev–Trinajstić information content (AvgIpc) is 3.71. The summed E-state index contributed by atoms with van der Waals surface area (Å²) in [5.41, 5.74) is 3.14. The summed E-state index contributed by atoms with van der Waals surface area (Å²) < 4.78 is 24.9. The molecule has 3 aromatic carbocycles. The van der Waals surface area contributed by atoms with Gasteiger partial charge < -0.3 is 23.8 Å². The molecule has 2 amide bonds. The number of aromatic nitrogens is 3. The maximum atomic E-state index is 16.3. The van der Waals surface area contributed by atoms with Gasteiger partial charge in [0.15, 0.2) is 5.60 Å². The molecule has 9 nitrogen and oxygen atoms in total. The Balaban J connectivity index is 1.15.